The van der Waals surface area contributed by atoms with Crippen molar-refractivity contribution in [2.45, 2.75) is 31.7 Å². The molecule has 0 heterocycles. The maximum Gasteiger partial charge on any atom is 0.265 e. The summed E-state index contributed by atoms with van der Waals surface area (Å²) in [7, 11) is -3.90. The number of nitrogens with zero attached hydrogens (tertiary/aromatic N) is 1. The van der Waals surface area contributed by atoms with Crippen molar-refractivity contribution in [1.29, 1.82) is 0 Å². The SMILES string of the molecule is Cc1cc(C)cc(N(C(C)C(=O)Cl)S(=O)(=O)c2ccccc2)c1. The highest BCUT2D eigenvalue weighted by molar-refractivity contribution is 7.93. The van der Waals surface area contributed by atoms with Gasteiger partial charge in [0.1, 0.15) is 6.04 Å². The highest BCUT2D eigenvalue weighted by atomic mass is 35.5. The number of hydrogen-bond acceptors (Lipinski definition) is 3. The second kappa shape index (κ2) is 6.72. The van der Waals surface area contributed by atoms with Gasteiger partial charge < -0.3 is 0 Å². The Balaban J connectivity index is 2.66. The molecule has 2 rings (SSSR count). The van der Waals surface area contributed by atoms with Crippen molar-refractivity contribution in [3.8, 4) is 0 Å². The first-order valence-electron chi connectivity index (χ1n) is 7.10. The molecule has 0 N–H and O–H groups in total. The molecule has 6 heteroatoms. The zero-order chi connectivity index (χ0) is 17.2. The van der Waals surface area contributed by atoms with E-state index in [4.69, 9.17) is 11.6 Å². The van der Waals surface area contributed by atoms with Crippen LogP contribution in [0.3, 0.4) is 0 Å². The summed E-state index contributed by atoms with van der Waals surface area (Å²) in [5.74, 6) is 0. The Morgan fingerprint density at radius 1 is 1.04 bits per heavy atom. The van der Waals surface area contributed by atoms with Crippen molar-refractivity contribution in [3.05, 3.63) is 59.7 Å². The van der Waals surface area contributed by atoms with Crippen LogP contribution in [0.1, 0.15) is 18.1 Å². The van der Waals surface area contributed by atoms with E-state index in [-0.39, 0.29) is 4.90 Å². The van der Waals surface area contributed by atoms with E-state index in [9.17, 15) is 13.2 Å². The van der Waals surface area contributed by atoms with E-state index in [0.717, 1.165) is 15.4 Å². The molecular weight excluding hydrogens is 334 g/mol. The lowest BCUT2D eigenvalue weighted by Gasteiger charge is -2.29. The Kier molecular flexibility index (Phi) is 5.12. The summed E-state index contributed by atoms with van der Waals surface area (Å²) in [5, 5.41) is -0.733. The van der Waals surface area contributed by atoms with Crippen molar-refractivity contribution >= 4 is 32.6 Å². The predicted molar refractivity (Wildman–Crippen MR) is 92.3 cm³/mol. The van der Waals surface area contributed by atoms with Crippen LogP contribution in [0.25, 0.3) is 0 Å². The smallest absolute Gasteiger partial charge is 0.265 e. The summed E-state index contributed by atoms with van der Waals surface area (Å²) in [6.07, 6.45) is 0. The van der Waals surface area contributed by atoms with Gasteiger partial charge in [-0.3, -0.25) is 9.10 Å². The van der Waals surface area contributed by atoms with Gasteiger partial charge in [0.25, 0.3) is 10.0 Å². The summed E-state index contributed by atoms with van der Waals surface area (Å²) < 4.78 is 27.1. The van der Waals surface area contributed by atoms with Crippen LogP contribution in [0.4, 0.5) is 5.69 Å². The number of aryl methyl sites for hydroxylation is 2. The molecule has 0 fully saturated rings. The fourth-order valence-electron chi connectivity index (χ4n) is 2.45. The molecule has 0 radical (unpaired) electrons. The number of hydrogen-bond donors (Lipinski definition) is 0. The Labute approximate surface area is 141 Å². The van der Waals surface area contributed by atoms with Crippen LogP contribution >= 0.6 is 11.6 Å². The minimum atomic E-state index is -3.90. The van der Waals surface area contributed by atoms with Crippen LogP contribution in [-0.2, 0) is 14.8 Å². The van der Waals surface area contributed by atoms with E-state index >= 15 is 0 Å². The van der Waals surface area contributed by atoms with Crippen LogP contribution in [-0.4, -0.2) is 19.7 Å². The third kappa shape index (κ3) is 3.74. The van der Waals surface area contributed by atoms with Crippen LogP contribution in [0.15, 0.2) is 53.4 Å². The number of anilines is 1. The largest absolute Gasteiger partial charge is 0.279 e. The summed E-state index contributed by atoms with van der Waals surface area (Å²) in [4.78, 5) is 11.8. The van der Waals surface area contributed by atoms with Crippen LogP contribution in [0, 0.1) is 13.8 Å². The lowest BCUT2D eigenvalue weighted by Crippen LogP contribution is -2.42. The molecule has 23 heavy (non-hydrogen) atoms. The fraction of sp³-hybridized carbons (Fsp3) is 0.235. The quantitative estimate of drug-likeness (QED) is 0.772. The number of carbonyl (C=O) groups is 1. The highest BCUT2D eigenvalue weighted by Gasteiger charge is 2.32. The lowest BCUT2D eigenvalue weighted by atomic mass is 10.1. The minimum absolute atomic E-state index is 0.115. The van der Waals surface area contributed by atoms with Crippen LogP contribution < -0.4 is 4.31 Å². The van der Waals surface area contributed by atoms with Gasteiger partial charge in [-0.1, -0.05) is 24.3 Å². The van der Waals surface area contributed by atoms with Gasteiger partial charge in [-0.2, -0.15) is 0 Å². The van der Waals surface area contributed by atoms with Gasteiger partial charge in [-0.05, 0) is 67.8 Å². The number of benzene rings is 2. The molecule has 0 saturated carbocycles. The molecule has 0 spiro atoms. The van der Waals surface area contributed by atoms with Gasteiger partial charge in [-0.15, -0.1) is 0 Å². The molecule has 0 amide bonds. The standard InChI is InChI=1S/C17H18ClNO3S/c1-12-9-13(2)11-15(10-12)19(14(3)17(18)20)23(21,22)16-7-5-4-6-8-16/h4-11,14H,1-3H3. The first kappa shape index (κ1) is 17.5. The Bertz CT molecular complexity index is 799. The van der Waals surface area contributed by atoms with Gasteiger partial charge in [0.2, 0.25) is 5.24 Å². The summed E-state index contributed by atoms with van der Waals surface area (Å²) in [6.45, 7) is 5.22. The average Bonchev–Trinajstić information content (AvgIpc) is 2.47. The summed E-state index contributed by atoms with van der Waals surface area (Å²) in [6, 6.07) is 12.4. The van der Waals surface area contributed by atoms with Crippen molar-refractivity contribution in [3.63, 3.8) is 0 Å². The van der Waals surface area contributed by atoms with Crippen LogP contribution in [0.5, 0.6) is 0 Å². The van der Waals surface area contributed by atoms with Gasteiger partial charge in [0, 0.05) is 0 Å². The average molecular weight is 352 g/mol. The monoisotopic (exact) mass is 351 g/mol. The van der Waals surface area contributed by atoms with Gasteiger partial charge >= 0.3 is 0 Å². The van der Waals surface area contributed by atoms with E-state index < -0.39 is 21.3 Å². The highest BCUT2D eigenvalue weighted by Crippen LogP contribution is 2.28. The first-order chi connectivity index (χ1) is 10.7. The molecule has 2 aromatic rings. The van der Waals surface area contributed by atoms with Crippen molar-refractivity contribution in [2.24, 2.45) is 0 Å². The first-order valence-corrected chi connectivity index (χ1v) is 8.92. The maximum atomic E-state index is 13.0. The molecule has 0 bridgehead atoms. The fourth-order valence-corrected chi connectivity index (χ4v) is 4.23. The second-order valence-corrected chi connectivity index (χ2v) is 7.63. The zero-order valence-electron chi connectivity index (χ0n) is 13.2. The molecule has 0 aliphatic carbocycles. The molecule has 122 valence electrons. The van der Waals surface area contributed by atoms with Gasteiger partial charge in [0.15, 0.2) is 0 Å². The molecular formula is C17H18ClNO3S. The van der Waals surface area contributed by atoms with Crippen LogP contribution in [0.2, 0.25) is 0 Å². The molecule has 0 aliphatic heterocycles. The number of sulfonamides is 1. The number of rotatable bonds is 5. The van der Waals surface area contributed by atoms with Crippen molar-refractivity contribution < 1.29 is 13.2 Å². The number of carbonyl (C=O) groups excluding carboxylic acids is 1. The molecule has 0 aromatic heterocycles. The normalized spacial score (nSPS) is 12.7. The van der Waals surface area contributed by atoms with Gasteiger partial charge in [0.05, 0.1) is 10.6 Å². The van der Waals surface area contributed by atoms with Crippen molar-refractivity contribution in [2.75, 3.05) is 4.31 Å². The van der Waals surface area contributed by atoms with E-state index in [1.807, 2.05) is 19.9 Å². The summed E-state index contributed by atoms with van der Waals surface area (Å²) >= 11 is 5.60. The topological polar surface area (TPSA) is 54.5 Å². The third-order valence-electron chi connectivity index (χ3n) is 3.44. The van der Waals surface area contributed by atoms with E-state index in [0.29, 0.717) is 5.69 Å². The van der Waals surface area contributed by atoms with E-state index in [2.05, 4.69) is 0 Å². The van der Waals surface area contributed by atoms with E-state index in [1.165, 1.54) is 19.1 Å². The molecule has 1 unspecified atom stereocenters. The Hall–Kier alpha value is -1.85. The Morgan fingerprint density at radius 2 is 1.57 bits per heavy atom. The van der Waals surface area contributed by atoms with Crippen molar-refractivity contribution in [1.82, 2.24) is 0 Å². The molecule has 1 atom stereocenters. The van der Waals surface area contributed by atoms with E-state index in [1.54, 1.807) is 30.3 Å². The minimum Gasteiger partial charge on any atom is -0.279 e. The molecule has 0 saturated heterocycles. The number of halogens is 1. The summed E-state index contributed by atoms with van der Waals surface area (Å²) in [5.41, 5.74) is 2.23. The Morgan fingerprint density at radius 3 is 2.04 bits per heavy atom. The molecule has 4 nitrogen and oxygen atoms in total. The zero-order valence-corrected chi connectivity index (χ0v) is 14.7. The lowest BCUT2D eigenvalue weighted by molar-refractivity contribution is -0.112. The molecule has 0 aliphatic rings. The maximum absolute atomic E-state index is 13.0. The molecule has 2 aromatic carbocycles. The predicted octanol–water partition coefficient (Wildman–Crippen LogP) is 3.65. The third-order valence-corrected chi connectivity index (χ3v) is 5.67. The van der Waals surface area contributed by atoms with Gasteiger partial charge in [-0.25, -0.2) is 8.42 Å². The second-order valence-electron chi connectivity index (χ2n) is 5.44.